The maximum atomic E-state index is 13.0. The largest absolute Gasteiger partial charge is 0.472 e. The van der Waals surface area contributed by atoms with Crippen molar-refractivity contribution in [1.82, 2.24) is 0 Å². The summed E-state index contributed by atoms with van der Waals surface area (Å²) in [6.07, 6.45) is 46.3. The van der Waals surface area contributed by atoms with Gasteiger partial charge in [0.05, 0.1) is 26.4 Å². The minimum atomic E-state index is -4.95. The van der Waals surface area contributed by atoms with Crippen LogP contribution in [0.3, 0.4) is 0 Å². The van der Waals surface area contributed by atoms with Gasteiger partial charge in [-0.2, -0.15) is 0 Å². The average molecular weight is 1350 g/mol. The smallest absolute Gasteiger partial charge is 0.462 e. The van der Waals surface area contributed by atoms with Gasteiger partial charge in [-0.1, -0.05) is 312 Å². The van der Waals surface area contributed by atoms with E-state index < -0.39 is 97.5 Å². The zero-order valence-electron chi connectivity index (χ0n) is 60.2. The van der Waals surface area contributed by atoms with Gasteiger partial charge in [-0.3, -0.25) is 37.3 Å². The molecule has 92 heavy (non-hydrogen) atoms. The van der Waals surface area contributed by atoms with Gasteiger partial charge < -0.3 is 33.8 Å². The molecule has 0 aliphatic carbocycles. The van der Waals surface area contributed by atoms with Crippen molar-refractivity contribution in [3.63, 3.8) is 0 Å². The number of phosphoric ester groups is 2. The summed E-state index contributed by atoms with van der Waals surface area (Å²) in [6, 6.07) is 0. The number of carbonyl (C=O) groups is 4. The molecule has 0 rings (SSSR count). The molecule has 3 N–H and O–H groups in total. The molecule has 5 atom stereocenters. The summed E-state index contributed by atoms with van der Waals surface area (Å²) in [7, 11) is -9.90. The minimum absolute atomic E-state index is 0.101. The number of hydrogen-bond donors (Lipinski definition) is 3. The number of unbranched alkanes of at least 4 members (excludes halogenated alkanes) is 36. The van der Waals surface area contributed by atoms with Gasteiger partial charge in [-0.05, 0) is 49.4 Å². The van der Waals surface area contributed by atoms with Gasteiger partial charge in [0.15, 0.2) is 12.2 Å². The number of hydrogen-bond acceptors (Lipinski definition) is 15. The monoisotopic (exact) mass is 1350 g/mol. The standard InChI is InChI=1S/C73H142O17P2/c1-63(2)49-41-33-25-20-17-15-13-11-9-10-12-14-16-18-22-29-39-47-55-72(77)89-68(59-84-71(76)54-46-38-30-24-27-35-43-51-65(5)6)61-87-91(79,80)85-57-67(74)58-86-92(81,82)88-62-69(90-73(78)56-48-40-32-31-36-44-52-66(7)8)60-83-70(75)53-45-37-28-23-19-21-26-34-42-50-64(3)4/h63-69,74H,9-62H2,1-8H3,(H,79,80)(H,81,82)/t67?,68-,69-/m1/s1. The van der Waals surface area contributed by atoms with E-state index in [0.717, 1.165) is 108 Å². The third-order valence-electron chi connectivity index (χ3n) is 16.8. The van der Waals surface area contributed by atoms with Gasteiger partial charge in [-0.25, -0.2) is 9.13 Å². The van der Waals surface area contributed by atoms with Crippen molar-refractivity contribution in [2.24, 2.45) is 23.7 Å². The highest BCUT2D eigenvalue weighted by molar-refractivity contribution is 7.47. The minimum Gasteiger partial charge on any atom is -0.462 e. The lowest BCUT2D eigenvalue weighted by atomic mass is 10.0. The van der Waals surface area contributed by atoms with Crippen molar-refractivity contribution in [3.8, 4) is 0 Å². The molecule has 0 bridgehead atoms. The van der Waals surface area contributed by atoms with E-state index in [1.807, 2.05) is 0 Å². The molecule has 17 nitrogen and oxygen atoms in total. The molecule has 0 aliphatic heterocycles. The van der Waals surface area contributed by atoms with Crippen molar-refractivity contribution in [3.05, 3.63) is 0 Å². The van der Waals surface area contributed by atoms with Gasteiger partial charge in [0, 0.05) is 25.7 Å². The maximum Gasteiger partial charge on any atom is 0.472 e. The van der Waals surface area contributed by atoms with Crippen LogP contribution in [0.2, 0.25) is 0 Å². The Kier molecular flexibility index (Phi) is 61.3. The number of rotatable bonds is 70. The Bertz CT molecular complexity index is 1820. The van der Waals surface area contributed by atoms with Crippen molar-refractivity contribution in [2.45, 2.75) is 382 Å². The molecule has 0 spiro atoms. The Hall–Kier alpha value is -1.94. The predicted molar refractivity (Wildman–Crippen MR) is 372 cm³/mol. The maximum absolute atomic E-state index is 13.0. The van der Waals surface area contributed by atoms with Gasteiger partial charge in [0.25, 0.3) is 0 Å². The molecule has 0 amide bonds. The summed E-state index contributed by atoms with van der Waals surface area (Å²) in [6.45, 7) is 14.0. The molecule has 19 heteroatoms. The molecular formula is C73H142O17P2. The van der Waals surface area contributed by atoms with Crippen molar-refractivity contribution in [2.75, 3.05) is 39.6 Å². The lowest BCUT2D eigenvalue weighted by molar-refractivity contribution is -0.161. The summed E-state index contributed by atoms with van der Waals surface area (Å²) in [5.74, 6) is 0.807. The zero-order chi connectivity index (χ0) is 68.2. The SMILES string of the molecule is CC(C)CCCCCCCCCCCCCCCCCCCCC(=O)O[C@H](COC(=O)CCCCCCCCCC(C)C)COP(=O)(O)OCC(O)COP(=O)(O)OC[C@@H](COC(=O)CCCCCCCCCCCC(C)C)OC(=O)CCCCCCCCC(C)C. The van der Waals surface area contributed by atoms with Gasteiger partial charge in [0.2, 0.25) is 0 Å². The van der Waals surface area contributed by atoms with E-state index >= 15 is 0 Å². The van der Waals surface area contributed by atoms with Crippen LogP contribution in [-0.4, -0.2) is 96.7 Å². The first kappa shape index (κ1) is 90.1. The van der Waals surface area contributed by atoms with E-state index in [2.05, 4.69) is 55.4 Å². The Morgan fingerprint density at radius 2 is 0.457 bits per heavy atom. The second-order valence-electron chi connectivity index (χ2n) is 28.2. The van der Waals surface area contributed by atoms with Crippen molar-refractivity contribution >= 4 is 39.5 Å². The lowest BCUT2D eigenvalue weighted by Crippen LogP contribution is -2.30. The third kappa shape index (κ3) is 66.7. The first-order valence-electron chi connectivity index (χ1n) is 37.7. The van der Waals surface area contributed by atoms with Crippen LogP contribution in [0, 0.1) is 23.7 Å². The number of carbonyl (C=O) groups excluding carboxylic acids is 4. The summed E-state index contributed by atoms with van der Waals surface area (Å²) >= 11 is 0. The molecule has 0 aromatic rings. The highest BCUT2D eigenvalue weighted by Crippen LogP contribution is 2.45. The predicted octanol–water partition coefficient (Wildman–Crippen LogP) is 20.9. The quantitative estimate of drug-likeness (QED) is 0.0222. The third-order valence-corrected chi connectivity index (χ3v) is 18.7. The van der Waals surface area contributed by atoms with Crippen LogP contribution < -0.4 is 0 Å². The fraction of sp³-hybridized carbons (Fsp3) is 0.945. The van der Waals surface area contributed by atoms with Crippen molar-refractivity contribution < 1.29 is 80.2 Å². The Morgan fingerprint density at radius 3 is 0.674 bits per heavy atom. The molecule has 0 fully saturated rings. The van der Waals surface area contributed by atoms with E-state index in [-0.39, 0.29) is 25.7 Å². The molecule has 546 valence electrons. The van der Waals surface area contributed by atoms with Crippen LogP contribution in [0.5, 0.6) is 0 Å². The fourth-order valence-corrected chi connectivity index (χ4v) is 12.6. The van der Waals surface area contributed by atoms with E-state index in [1.165, 1.54) is 161 Å². The first-order chi connectivity index (χ1) is 44.1. The molecule has 0 aromatic heterocycles. The zero-order valence-corrected chi connectivity index (χ0v) is 62.0. The fourth-order valence-electron chi connectivity index (χ4n) is 11.0. The van der Waals surface area contributed by atoms with E-state index in [0.29, 0.717) is 37.5 Å². The molecule has 0 saturated carbocycles. The van der Waals surface area contributed by atoms with Crippen LogP contribution in [-0.2, 0) is 65.4 Å². The van der Waals surface area contributed by atoms with Gasteiger partial charge in [-0.15, -0.1) is 0 Å². The van der Waals surface area contributed by atoms with Crippen molar-refractivity contribution in [1.29, 1.82) is 0 Å². The number of ether oxygens (including phenoxy) is 4. The van der Waals surface area contributed by atoms with Crippen LogP contribution in [0.25, 0.3) is 0 Å². The lowest BCUT2D eigenvalue weighted by Gasteiger charge is -2.21. The Balaban J connectivity index is 5.15. The molecule has 0 saturated heterocycles. The number of aliphatic hydroxyl groups excluding tert-OH is 1. The van der Waals surface area contributed by atoms with Crippen LogP contribution in [0.4, 0.5) is 0 Å². The summed E-state index contributed by atoms with van der Waals surface area (Å²) in [5.41, 5.74) is 0. The molecule has 0 radical (unpaired) electrons. The molecule has 3 unspecified atom stereocenters. The second-order valence-corrected chi connectivity index (χ2v) is 31.1. The summed E-state index contributed by atoms with van der Waals surface area (Å²) in [4.78, 5) is 72.5. The Labute approximate surface area is 562 Å². The summed E-state index contributed by atoms with van der Waals surface area (Å²) in [5, 5.41) is 10.6. The van der Waals surface area contributed by atoms with Gasteiger partial charge >= 0.3 is 39.5 Å². The van der Waals surface area contributed by atoms with E-state index in [1.54, 1.807) is 0 Å². The molecular weight excluding hydrogens is 1210 g/mol. The van der Waals surface area contributed by atoms with E-state index in [4.69, 9.17) is 37.0 Å². The number of phosphoric acid groups is 2. The van der Waals surface area contributed by atoms with Gasteiger partial charge in [0.1, 0.15) is 19.3 Å². The van der Waals surface area contributed by atoms with E-state index in [9.17, 15) is 43.2 Å². The average Bonchev–Trinajstić information content (AvgIpc) is 2.34. The second kappa shape index (κ2) is 62.6. The van der Waals surface area contributed by atoms with Crippen LogP contribution >= 0.6 is 15.6 Å². The number of esters is 4. The molecule has 0 heterocycles. The first-order valence-corrected chi connectivity index (χ1v) is 40.7. The normalized spacial score (nSPS) is 14.2. The topological polar surface area (TPSA) is 237 Å². The van der Waals surface area contributed by atoms with Crippen LogP contribution in [0.15, 0.2) is 0 Å². The molecule has 0 aliphatic rings. The Morgan fingerprint density at radius 1 is 0.272 bits per heavy atom. The number of aliphatic hydroxyl groups is 1. The summed E-state index contributed by atoms with van der Waals surface area (Å²) < 4.78 is 68.3. The molecule has 0 aromatic carbocycles. The highest BCUT2D eigenvalue weighted by atomic mass is 31.2. The highest BCUT2D eigenvalue weighted by Gasteiger charge is 2.30. The van der Waals surface area contributed by atoms with Crippen LogP contribution in [0.1, 0.15) is 364 Å².